The Bertz CT molecular complexity index is 1640. The maximum absolute atomic E-state index is 13.4. The van der Waals surface area contributed by atoms with Crippen molar-refractivity contribution >= 4 is 29.4 Å². The monoisotopic (exact) mass is 524 g/mol. The largest absolute Gasteiger partial charge is 0.478 e. The Kier molecular flexibility index (Phi) is 6.31. The summed E-state index contributed by atoms with van der Waals surface area (Å²) in [6.07, 6.45) is 1.56. The number of amides is 2. The number of aromatic nitrogens is 3. The third-order valence-electron chi connectivity index (χ3n) is 6.24. The Morgan fingerprint density at radius 1 is 0.872 bits per heavy atom. The first-order chi connectivity index (χ1) is 18.5. The lowest BCUT2D eigenvalue weighted by Crippen LogP contribution is -2.31. The van der Waals surface area contributed by atoms with Crippen LogP contribution in [0.3, 0.4) is 0 Å². The number of carbonyl (C=O) groups is 4. The van der Waals surface area contributed by atoms with Crippen LogP contribution in [-0.4, -0.2) is 43.9 Å². The van der Waals surface area contributed by atoms with Crippen LogP contribution in [0.15, 0.2) is 72.9 Å². The number of nitrogens with zero attached hydrogens (tertiary/aromatic N) is 4. The number of carboxylic acid groups (broad SMARTS) is 1. The van der Waals surface area contributed by atoms with E-state index in [1.165, 1.54) is 28.9 Å². The number of hydrogen-bond acceptors (Lipinski definition) is 7. The topological polar surface area (TPSA) is 132 Å². The van der Waals surface area contributed by atoms with Gasteiger partial charge < -0.3 is 9.84 Å². The molecule has 1 aliphatic rings. The summed E-state index contributed by atoms with van der Waals surface area (Å²) in [5, 5.41) is 18.0. The Balaban J connectivity index is 1.43. The number of carboxylic acids is 1. The molecule has 0 radical (unpaired) electrons. The predicted molar refractivity (Wildman–Crippen MR) is 141 cm³/mol. The molecule has 0 aliphatic carbocycles. The van der Waals surface area contributed by atoms with E-state index in [0.29, 0.717) is 16.8 Å². The van der Waals surface area contributed by atoms with Gasteiger partial charge in [-0.15, -0.1) is 5.10 Å². The molecule has 0 unspecified atom stereocenters. The van der Waals surface area contributed by atoms with Crippen LogP contribution in [0.25, 0.3) is 22.4 Å². The van der Waals surface area contributed by atoms with Crippen LogP contribution in [-0.2, 0) is 16.3 Å². The lowest BCUT2D eigenvalue weighted by Gasteiger charge is -2.17. The van der Waals surface area contributed by atoms with Gasteiger partial charge in [0.15, 0.2) is 6.73 Å². The molecule has 1 aromatic heterocycles. The van der Waals surface area contributed by atoms with Crippen molar-refractivity contribution < 1.29 is 29.0 Å². The van der Waals surface area contributed by atoms with Gasteiger partial charge in [0.2, 0.25) is 0 Å². The second-order valence-electron chi connectivity index (χ2n) is 10.1. The van der Waals surface area contributed by atoms with Gasteiger partial charge in [0.05, 0.1) is 34.0 Å². The second kappa shape index (κ2) is 9.64. The molecule has 4 aromatic rings. The van der Waals surface area contributed by atoms with Gasteiger partial charge in [-0.2, -0.15) is 0 Å². The minimum atomic E-state index is -1.26. The van der Waals surface area contributed by atoms with Crippen LogP contribution in [0.2, 0.25) is 0 Å². The number of rotatable bonds is 6. The number of anilines is 1. The zero-order valence-corrected chi connectivity index (χ0v) is 21.4. The number of imide groups is 1. The van der Waals surface area contributed by atoms with Gasteiger partial charge in [-0.3, -0.25) is 14.4 Å². The zero-order valence-electron chi connectivity index (χ0n) is 21.4. The molecular weight excluding hydrogens is 500 g/mol. The Labute approximate surface area is 223 Å². The smallest absolute Gasteiger partial charge is 0.337 e. The van der Waals surface area contributed by atoms with Crippen LogP contribution in [0.1, 0.15) is 51.8 Å². The fourth-order valence-corrected chi connectivity index (χ4v) is 4.17. The summed E-state index contributed by atoms with van der Waals surface area (Å²) in [4.78, 5) is 51.7. The van der Waals surface area contributed by atoms with Gasteiger partial charge in [0.25, 0.3) is 11.8 Å². The summed E-state index contributed by atoms with van der Waals surface area (Å²) in [5.74, 6) is -2.91. The molecule has 0 spiro atoms. The fraction of sp³-hybridized carbons (Fsp3) is 0.172. The van der Waals surface area contributed by atoms with Gasteiger partial charge in [-0.25, -0.2) is 14.4 Å². The molecule has 2 heterocycles. The van der Waals surface area contributed by atoms with E-state index >= 15 is 0 Å². The fourth-order valence-electron chi connectivity index (χ4n) is 4.17. The minimum Gasteiger partial charge on any atom is -0.478 e. The highest BCUT2D eigenvalue weighted by Crippen LogP contribution is 2.35. The van der Waals surface area contributed by atoms with E-state index in [1.807, 2.05) is 30.3 Å². The van der Waals surface area contributed by atoms with Gasteiger partial charge in [-0.1, -0.05) is 47.7 Å². The SMILES string of the molecule is CC(C)(C)C(=O)OCn1cc(-c2ccc3c(c2)C(=O)N(c2ccc(-c4ccccc4)cc2C(=O)O)C3=O)nn1. The van der Waals surface area contributed by atoms with Gasteiger partial charge >= 0.3 is 11.9 Å². The van der Waals surface area contributed by atoms with E-state index in [-0.39, 0.29) is 35.1 Å². The summed E-state index contributed by atoms with van der Waals surface area (Å²) >= 11 is 0. The highest BCUT2D eigenvalue weighted by atomic mass is 16.5. The molecule has 1 aliphatic heterocycles. The summed E-state index contributed by atoms with van der Waals surface area (Å²) in [7, 11) is 0. The van der Waals surface area contributed by atoms with Crippen molar-refractivity contribution in [2.75, 3.05) is 4.90 Å². The van der Waals surface area contributed by atoms with Crippen molar-refractivity contribution in [3.05, 3.63) is 89.6 Å². The Morgan fingerprint density at radius 2 is 1.56 bits per heavy atom. The average molecular weight is 525 g/mol. The van der Waals surface area contributed by atoms with Gasteiger partial charge in [-0.05, 0) is 56.2 Å². The molecule has 5 rings (SSSR count). The molecule has 1 N–H and O–H groups in total. The number of esters is 1. The number of ether oxygens (including phenoxy) is 1. The van der Waals surface area contributed by atoms with Crippen molar-refractivity contribution in [2.24, 2.45) is 5.41 Å². The van der Waals surface area contributed by atoms with Crippen LogP contribution >= 0.6 is 0 Å². The Hall–Kier alpha value is -5.12. The van der Waals surface area contributed by atoms with Crippen molar-refractivity contribution in [1.82, 2.24) is 15.0 Å². The lowest BCUT2D eigenvalue weighted by atomic mass is 9.98. The van der Waals surface area contributed by atoms with Gasteiger partial charge in [0, 0.05) is 5.56 Å². The highest BCUT2D eigenvalue weighted by Gasteiger charge is 2.39. The third-order valence-corrected chi connectivity index (χ3v) is 6.24. The first-order valence-corrected chi connectivity index (χ1v) is 12.1. The number of benzene rings is 3. The molecule has 0 atom stereocenters. The summed E-state index contributed by atoms with van der Waals surface area (Å²) < 4.78 is 6.59. The second-order valence-corrected chi connectivity index (χ2v) is 10.1. The third kappa shape index (κ3) is 4.79. The quantitative estimate of drug-likeness (QED) is 0.285. The van der Waals surface area contributed by atoms with Crippen LogP contribution in [0.4, 0.5) is 5.69 Å². The van der Waals surface area contributed by atoms with E-state index in [4.69, 9.17) is 4.74 Å². The van der Waals surface area contributed by atoms with Crippen molar-refractivity contribution in [2.45, 2.75) is 27.5 Å². The number of carbonyl (C=O) groups excluding carboxylic acids is 3. The maximum atomic E-state index is 13.4. The molecule has 3 aromatic carbocycles. The molecule has 39 heavy (non-hydrogen) atoms. The van der Waals surface area contributed by atoms with Crippen LogP contribution in [0.5, 0.6) is 0 Å². The Morgan fingerprint density at radius 3 is 2.26 bits per heavy atom. The first-order valence-electron chi connectivity index (χ1n) is 12.1. The minimum absolute atomic E-state index is 0.0125. The standard InChI is InChI=1S/C29H24N4O6/c1-29(2,3)28(38)39-16-32-15-23(30-31-32)19-9-11-20-21(14-19)26(35)33(25(20)34)24-12-10-18(13-22(24)27(36)37)17-7-5-4-6-8-17/h4-15H,16H2,1-3H3,(H,36,37). The lowest BCUT2D eigenvalue weighted by molar-refractivity contribution is -0.157. The van der Waals surface area contributed by atoms with E-state index in [0.717, 1.165) is 10.5 Å². The van der Waals surface area contributed by atoms with Crippen molar-refractivity contribution in [1.29, 1.82) is 0 Å². The zero-order chi connectivity index (χ0) is 27.9. The van der Waals surface area contributed by atoms with Gasteiger partial charge in [0.1, 0.15) is 5.69 Å². The number of aromatic carboxylic acids is 1. The molecular formula is C29H24N4O6. The summed E-state index contributed by atoms with van der Waals surface area (Å²) in [6, 6.07) is 18.5. The van der Waals surface area contributed by atoms with Crippen LogP contribution < -0.4 is 4.90 Å². The molecule has 0 saturated carbocycles. The number of fused-ring (bicyclic) bond motifs is 1. The molecule has 10 nitrogen and oxygen atoms in total. The van der Waals surface area contributed by atoms with Crippen molar-refractivity contribution in [3.8, 4) is 22.4 Å². The molecule has 196 valence electrons. The summed E-state index contributed by atoms with van der Waals surface area (Å²) in [6.45, 7) is 5.10. The molecule has 0 bridgehead atoms. The molecule has 2 amide bonds. The highest BCUT2D eigenvalue weighted by molar-refractivity contribution is 6.35. The van der Waals surface area contributed by atoms with Crippen molar-refractivity contribution in [3.63, 3.8) is 0 Å². The average Bonchev–Trinajstić information content (AvgIpc) is 3.49. The first kappa shape index (κ1) is 25.5. The summed E-state index contributed by atoms with van der Waals surface area (Å²) in [5.41, 5.74) is 1.80. The molecule has 0 saturated heterocycles. The van der Waals surface area contributed by atoms with Crippen LogP contribution in [0, 0.1) is 5.41 Å². The predicted octanol–water partition coefficient (Wildman–Crippen LogP) is 4.66. The molecule has 10 heteroatoms. The molecule has 0 fully saturated rings. The van der Waals surface area contributed by atoms with E-state index in [2.05, 4.69) is 10.3 Å². The maximum Gasteiger partial charge on any atom is 0.337 e. The van der Waals surface area contributed by atoms with E-state index in [9.17, 15) is 24.3 Å². The van der Waals surface area contributed by atoms with E-state index < -0.39 is 23.2 Å². The normalized spacial score (nSPS) is 12.9. The van der Waals surface area contributed by atoms with E-state index in [1.54, 1.807) is 39.1 Å². The number of hydrogen-bond donors (Lipinski definition) is 1.